The second-order valence-electron chi connectivity index (χ2n) is 5.77. The topological polar surface area (TPSA) is 44.4 Å². The first-order valence-corrected chi connectivity index (χ1v) is 8.91. The molecule has 1 aromatic rings. The highest BCUT2D eigenvalue weighted by atomic mass is 32.2. The van der Waals surface area contributed by atoms with Crippen LogP contribution in [0.2, 0.25) is 0 Å². The fourth-order valence-electron chi connectivity index (χ4n) is 2.45. The Kier molecular flexibility index (Phi) is 5.04. The molecule has 1 heterocycles. The summed E-state index contributed by atoms with van der Waals surface area (Å²) in [4.78, 5) is 14.2. The maximum atomic E-state index is 11.6. The molecule has 21 heavy (non-hydrogen) atoms. The van der Waals surface area contributed by atoms with Gasteiger partial charge in [-0.1, -0.05) is 12.1 Å². The average Bonchev–Trinajstić information content (AvgIpc) is 3.31. The molecule has 0 radical (unpaired) electrons. The Hall–Kier alpha value is -1.20. The molecule has 2 aliphatic rings. The summed E-state index contributed by atoms with van der Waals surface area (Å²) in [5.41, 5.74) is 2.20. The minimum absolute atomic E-state index is 0.0870. The van der Waals surface area contributed by atoms with Gasteiger partial charge in [0.2, 0.25) is 0 Å². The average molecular weight is 305 g/mol. The van der Waals surface area contributed by atoms with E-state index in [1.54, 1.807) is 0 Å². The van der Waals surface area contributed by atoms with Gasteiger partial charge < -0.3 is 15.5 Å². The minimum Gasteiger partial charge on any atom is -0.335 e. The summed E-state index contributed by atoms with van der Waals surface area (Å²) >= 11 is 2.05. The number of anilines is 1. The van der Waals surface area contributed by atoms with Gasteiger partial charge in [0.05, 0.1) is 0 Å². The smallest absolute Gasteiger partial charge is 0.319 e. The van der Waals surface area contributed by atoms with E-state index in [1.807, 2.05) is 23.9 Å². The predicted octanol–water partition coefficient (Wildman–Crippen LogP) is 2.56. The first-order chi connectivity index (χ1) is 10.3. The molecule has 1 aliphatic carbocycles. The zero-order valence-electron chi connectivity index (χ0n) is 12.3. The molecule has 3 rings (SSSR count). The molecular formula is C16H23N3OS. The van der Waals surface area contributed by atoms with Crippen molar-refractivity contribution >= 4 is 23.5 Å². The third-order valence-electron chi connectivity index (χ3n) is 3.94. The molecule has 0 unspecified atom stereocenters. The van der Waals surface area contributed by atoms with Crippen LogP contribution >= 0.6 is 11.8 Å². The lowest BCUT2D eigenvalue weighted by Gasteiger charge is -2.26. The highest BCUT2D eigenvalue weighted by Gasteiger charge is 2.23. The molecule has 1 saturated carbocycles. The SMILES string of the molecule is O=C(Nc1ccc(CCN2CCSCC2)cc1)NC1CC1. The molecule has 1 aromatic carbocycles. The maximum Gasteiger partial charge on any atom is 0.319 e. The van der Waals surface area contributed by atoms with E-state index in [-0.39, 0.29) is 6.03 Å². The van der Waals surface area contributed by atoms with Gasteiger partial charge in [0.15, 0.2) is 0 Å². The molecule has 2 amide bonds. The number of urea groups is 1. The first kappa shape index (κ1) is 14.7. The summed E-state index contributed by atoms with van der Waals surface area (Å²) in [5.74, 6) is 2.53. The second-order valence-corrected chi connectivity index (χ2v) is 7.00. The minimum atomic E-state index is -0.0870. The summed E-state index contributed by atoms with van der Waals surface area (Å²) < 4.78 is 0. The van der Waals surface area contributed by atoms with Crippen LogP contribution in [0.4, 0.5) is 10.5 Å². The normalized spacial score (nSPS) is 19.2. The van der Waals surface area contributed by atoms with E-state index in [0.717, 1.165) is 31.5 Å². The molecule has 0 aromatic heterocycles. The van der Waals surface area contributed by atoms with Crippen molar-refractivity contribution in [2.45, 2.75) is 25.3 Å². The molecule has 0 spiro atoms. The lowest BCUT2D eigenvalue weighted by atomic mass is 10.1. The van der Waals surface area contributed by atoms with Gasteiger partial charge in [0.1, 0.15) is 0 Å². The number of nitrogens with zero attached hydrogens (tertiary/aromatic N) is 1. The Bertz CT molecular complexity index is 467. The van der Waals surface area contributed by atoms with Gasteiger partial charge >= 0.3 is 6.03 Å². The van der Waals surface area contributed by atoms with Gasteiger partial charge in [-0.3, -0.25) is 0 Å². The van der Waals surface area contributed by atoms with Crippen LogP contribution in [0, 0.1) is 0 Å². The van der Waals surface area contributed by atoms with Crippen molar-refractivity contribution in [3.05, 3.63) is 29.8 Å². The Balaban J connectivity index is 1.43. The molecule has 2 N–H and O–H groups in total. The molecule has 114 valence electrons. The van der Waals surface area contributed by atoms with E-state index in [0.29, 0.717) is 6.04 Å². The van der Waals surface area contributed by atoms with Crippen LogP contribution in [-0.4, -0.2) is 48.1 Å². The van der Waals surface area contributed by atoms with Crippen molar-refractivity contribution in [3.8, 4) is 0 Å². The van der Waals surface area contributed by atoms with E-state index in [9.17, 15) is 4.79 Å². The fourth-order valence-corrected chi connectivity index (χ4v) is 3.43. The van der Waals surface area contributed by atoms with E-state index in [1.165, 1.54) is 30.2 Å². The number of carbonyl (C=O) groups is 1. The van der Waals surface area contributed by atoms with Crippen LogP contribution in [0.5, 0.6) is 0 Å². The van der Waals surface area contributed by atoms with E-state index in [2.05, 4.69) is 27.7 Å². The third kappa shape index (κ3) is 4.93. The van der Waals surface area contributed by atoms with Gasteiger partial charge in [0, 0.05) is 42.9 Å². The summed E-state index contributed by atoms with van der Waals surface area (Å²) in [5, 5.41) is 5.81. The zero-order chi connectivity index (χ0) is 14.5. The summed E-state index contributed by atoms with van der Waals surface area (Å²) in [6.45, 7) is 3.56. The number of nitrogens with one attached hydrogen (secondary N) is 2. The van der Waals surface area contributed by atoms with Crippen molar-refractivity contribution in [2.75, 3.05) is 36.5 Å². The third-order valence-corrected chi connectivity index (χ3v) is 4.89. The molecule has 1 aliphatic heterocycles. The Morgan fingerprint density at radius 2 is 1.90 bits per heavy atom. The fraction of sp³-hybridized carbons (Fsp3) is 0.562. The van der Waals surface area contributed by atoms with E-state index < -0.39 is 0 Å². The quantitative estimate of drug-likeness (QED) is 0.879. The van der Waals surface area contributed by atoms with Gasteiger partial charge in [-0.15, -0.1) is 0 Å². The maximum absolute atomic E-state index is 11.6. The number of hydrogen-bond acceptors (Lipinski definition) is 3. The Morgan fingerprint density at radius 1 is 1.19 bits per heavy atom. The van der Waals surface area contributed by atoms with E-state index >= 15 is 0 Å². The van der Waals surface area contributed by atoms with Crippen molar-refractivity contribution in [3.63, 3.8) is 0 Å². The summed E-state index contributed by atoms with van der Waals surface area (Å²) in [7, 11) is 0. The number of benzene rings is 1. The van der Waals surface area contributed by atoms with Gasteiger partial charge in [-0.25, -0.2) is 4.79 Å². The zero-order valence-corrected chi connectivity index (χ0v) is 13.1. The molecule has 4 nitrogen and oxygen atoms in total. The number of rotatable bonds is 5. The summed E-state index contributed by atoms with van der Waals surface area (Å²) in [6, 6.07) is 8.53. The van der Waals surface area contributed by atoms with Crippen molar-refractivity contribution in [2.24, 2.45) is 0 Å². The lowest BCUT2D eigenvalue weighted by Crippen LogP contribution is -2.34. The van der Waals surface area contributed by atoms with Crippen molar-refractivity contribution in [1.82, 2.24) is 10.2 Å². The Labute approximate surface area is 130 Å². The Morgan fingerprint density at radius 3 is 2.57 bits per heavy atom. The largest absolute Gasteiger partial charge is 0.335 e. The number of amides is 2. The van der Waals surface area contributed by atoms with Gasteiger partial charge in [0.25, 0.3) is 0 Å². The highest BCUT2D eigenvalue weighted by molar-refractivity contribution is 7.99. The van der Waals surface area contributed by atoms with Crippen LogP contribution in [0.1, 0.15) is 18.4 Å². The number of carbonyl (C=O) groups excluding carboxylic acids is 1. The van der Waals surface area contributed by atoms with Gasteiger partial charge in [-0.2, -0.15) is 11.8 Å². The number of thioether (sulfide) groups is 1. The number of hydrogen-bond donors (Lipinski definition) is 2. The monoisotopic (exact) mass is 305 g/mol. The molecule has 0 atom stereocenters. The van der Waals surface area contributed by atoms with Crippen LogP contribution in [0.15, 0.2) is 24.3 Å². The lowest BCUT2D eigenvalue weighted by molar-refractivity contribution is 0.251. The van der Waals surface area contributed by atoms with Crippen LogP contribution < -0.4 is 10.6 Å². The standard InChI is InChI=1S/C16H23N3OS/c20-16(18-15-5-6-15)17-14-3-1-13(2-4-14)7-8-19-9-11-21-12-10-19/h1-4,15H,5-12H2,(H2,17,18,20). The molecular weight excluding hydrogens is 282 g/mol. The van der Waals surface area contributed by atoms with Crippen LogP contribution in [0.3, 0.4) is 0 Å². The first-order valence-electron chi connectivity index (χ1n) is 7.76. The summed E-state index contributed by atoms with van der Waals surface area (Å²) in [6.07, 6.45) is 3.31. The second kappa shape index (κ2) is 7.18. The molecule has 1 saturated heterocycles. The highest BCUT2D eigenvalue weighted by Crippen LogP contribution is 2.19. The van der Waals surface area contributed by atoms with E-state index in [4.69, 9.17) is 0 Å². The predicted molar refractivity (Wildman–Crippen MR) is 89.1 cm³/mol. The van der Waals surface area contributed by atoms with Crippen molar-refractivity contribution in [1.29, 1.82) is 0 Å². The van der Waals surface area contributed by atoms with Crippen LogP contribution in [-0.2, 0) is 6.42 Å². The molecule has 5 heteroatoms. The van der Waals surface area contributed by atoms with Crippen LogP contribution in [0.25, 0.3) is 0 Å². The van der Waals surface area contributed by atoms with Crippen molar-refractivity contribution < 1.29 is 4.79 Å². The molecule has 2 fully saturated rings. The van der Waals surface area contributed by atoms with Gasteiger partial charge in [-0.05, 0) is 37.0 Å². The molecule has 0 bridgehead atoms.